The summed E-state index contributed by atoms with van der Waals surface area (Å²) in [6.45, 7) is 0. The van der Waals surface area contributed by atoms with Crippen molar-refractivity contribution in [2.45, 2.75) is 0 Å². The topological polar surface area (TPSA) is 63.3 Å². The molecule has 0 aromatic heterocycles. The van der Waals surface area contributed by atoms with Crippen molar-refractivity contribution < 1.29 is 9.90 Å². The molecule has 0 bridgehead atoms. The molecule has 1 radical (unpaired) electrons. The molecule has 2 rings (SSSR count). The van der Waals surface area contributed by atoms with E-state index < -0.39 is 5.91 Å². The Labute approximate surface area is 94.6 Å². The van der Waals surface area contributed by atoms with Gasteiger partial charge in [0, 0.05) is 5.39 Å². The van der Waals surface area contributed by atoms with E-state index in [-0.39, 0.29) is 5.75 Å². The molecule has 0 aliphatic rings. The van der Waals surface area contributed by atoms with Crippen LogP contribution in [0.4, 0.5) is 0 Å². The third-order valence-corrected chi connectivity index (χ3v) is 2.99. The van der Waals surface area contributed by atoms with Gasteiger partial charge < -0.3 is 10.8 Å². The maximum Gasteiger partial charge on any atom is 0.249 e. The summed E-state index contributed by atoms with van der Waals surface area (Å²) in [5.74, 6) is -0.401. The number of phenolic OH excluding ortho intramolecular Hbond substituents is 1. The molecule has 0 heterocycles. The summed E-state index contributed by atoms with van der Waals surface area (Å²) in [6.07, 6.45) is 0. The van der Waals surface area contributed by atoms with Crippen molar-refractivity contribution in [2.75, 3.05) is 0 Å². The van der Waals surface area contributed by atoms with Crippen molar-refractivity contribution in [1.82, 2.24) is 0 Å². The van der Waals surface area contributed by atoms with Crippen LogP contribution >= 0.6 is 15.9 Å². The van der Waals surface area contributed by atoms with Crippen molar-refractivity contribution in [3.05, 3.63) is 40.4 Å². The summed E-state index contributed by atoms with van der Waals surface area (Å²) in [5, 5.41) is 10.9. The number of nitrogens with two attached hydrogens (primary N) is 1. The zero-order chi connectivity index (χ0) is 11.0. The van der Waals surface area contributed by atoms with Crippen molar-refractivity contribution in [2.24, 2.45) is 5.73 Å². The molecule has 0 unspecified atom stereocenters. The molecule has 3 N–H and O–H groups in total. The van der Waals surface area contributed by atoms with Gasteiger partial charge in [-0.25, -0.2) is 0 Å². The fourth-order valence-electron chi connectivity index (χ4n) is 1.45. The minimum Gasteiger partial charge on any atom is -0.507 e. The third kappa shape index (κ3) is 1.57. The summed E-state index contributed by atoms with van der Waals surface area (Å²) in [5.41, 5.74) is 5.55. The Morgan fingerprint density at radius 1 is 1.33 bits per heavy atom. The van der Waals surface area contributed by atoms with E-state index in [9.17, 15) is 9.90 Å². The molecule has 1 amide bonds. The Kier molecular flexibility index (Phi) is 2.36. The van der Waals surface area contributed by atoms with E-state index in [1.54, 1.807) is 18.2 Å². The predicted octanol–water partition coefficient (Wildman–Crippen LogP) is 2.21. The maximum atomic E-state index is 11.1. The first kappa shape index (κ1) is 9.98. The van der Waals surface area contributed by atoms with Crippen LogP contribution in [0.1, 0.15) is 10.4 Å². The molecule has 0 aliphatic heterocycles. The van der Waals surface area contributed by atoms with Gasteiger partial charge in [0.25, 0.3) is 0 Å². The number of halogens is 1. The highest BCUT2D eigenvalue weighted by atomic mass is 79.9. The smallest absolute Gasteiger partial charge is 0.249 e. The number of benzene rings is 2. The van der Waals surface area contributed by atoms with E-state index in [2.05, 4.69) is 22.0 Å². The Hall–Kier alpha value is -1.55. The number of hydrogen-bond acceptors (Lipinski definition) is 2. The van der Waals surface area contributed by atoms with E-state index in [0.29, 0.717) is 15.4 Å². The minimum absolute atomic E-state index is 0.129. The predicted molar refractivity (Wildman–Crippen MR) is 60.7 cm³/mol. The Morgan fingerprint density at radius 2 is 2.07 bits per heavy atom. The molecule has 4 heteroatoms. The van der Waals surface area contributed by atoms with Gasteiger partial charge >= 0.3 is 0 Å². The maximum absolute atomic E-state index is 11.1. The number of rotatable bonds is 1. The molecule has 75 valence electrons. The van der Waals surface area contributed by atoms with E-state index in [1.165, 1.54) is 6.07 Å². The number of carbonyl (C=O) groups is 1. The first-order chi connectivity index (χ1) is 7.11. The van der Waals surface area contributed by atoms with Gasteiger partial charge in [-0.15, -0.1) is 0 Å². The number of primary amides is 1. The molecule has 15 heavy (non-hydrogen) atoms. The highest BCUT2D eigenvalue weighted by Crippen LogP contribution is 2.33. The number of phenols is 1. The highest BCUT2D eigenvalue weighted by molar-refractivity contribution is 9.10. The largest absolute Gasteiger partial charge is 0.507 e. The molecule has 0 spiro atoms. The Balaban J connectivity index is 2.89. The van der Waals surface area contributed by atoms with Gasteiger partial charge in [0.15, 0.2) is 0 Å². The van der Waals surface area contributed by atoms with Gasteiger partial charge in [0.1, 0.15) is 5.75 Å². The molecule has 0 aliphatic carbocycles. The number of aromatic hydroxyl groups is 1. The van der Waals surface area contributed by atoms with Gasteiger partial charge in [-0.2, -0.15) is 0 Å². The minimum atomic E-state index is -0.529. The van der Waals surface area contributed by atoms with E-state index in [0.717, 1.165) is 5.39 Å². The number of fused-ring (bicyclic) bond motifs is 1. The second-order valence-corrected chi connectivity index (χ2v) is 3.87. The molecular formula is C11H7BrNO2. The standard InChI is InChI=1S/C11H7BrNO2/c12-10-7-2-1-3-8(11(13)15)6(7)4-5-9(10)14/h1-2,4-5,14H,(H2,13,15). The summed E-state index contributed by atoms with van der Waals surface area (Å²) in [7, 11) is 0. The fraction of sp³-hybridized carbons (Fsp3) is 0. The summed E-state index contributed by atoms with van der Waals surface area (Å²) in [4.78, 5) is 11.1. The molecule has 0 fully saturated rings. The van der Waals surface area contributed by atoms with Crippen LogP contribution in [0, 0.1) is 6.07 Å². The molecule has 2 aromatic carbocycles. The Morgan fingerprint density at radius 3 is 2.73 bits per heavy atom. The molecule has 0 saturated carbocycles. The zero-order valence-corrected chi connectivity index (χ0v) is 9.21. The lowest BCUT2D eigenvalue weighted by Crippen LogP contribution is -2.11. The van der Waals surface area contributed by atoms with Crippen LogP contribution in [0.3, 0.4) is 0 Å². The quantitative estimate of drug-likeness (QED) is 0.830. The van der Waals surface area contributed by atoms with Crippen LogP contribution in [0.5, 0.6) is 5.75 Å². The number of hydrogen-bond donors (Lipinski definition) is 2. The monoisotopic (exact) mass is 264 g/mol. The molecule has 3 nitrogen and oxygen atoms in total. The Bertz CT molecular complexity index is 552. The number of carbonyl (C=O) groups excluding carboxylic acids is 1. The molecule has 2 aromatic rings. The lowest BCUT2D eigenvalue weighted by atomic mass is 10.0. The van der Waals surface area contributed by atoms with Gasteiger partial charge in [0.2, 0.25) is 5.91 Å². The first-order valence-corrected chi connectivity index (χ1v) is 5.02. The SMILES string of the molecule is NC(=O)c1[c]ccc2c(Br)c(O)ccc12. The second-order valence-electron chi connectivity index (χ2n) is 3.08. The normalized spacial score (nSPS) is 10.5. The van der Waals surface area contributed by atoms with Crippen molar-refractivity contribution in [3.8, 4) is 5.75 Å². The van der Waals surface area contributed by atoms with E-state index >= 15 is 0 Å². The zero-order valence-electron chi connectivity index (χ0n) is 7.62. The first-order valence-electron chi connectivity index (χ1n) is 4.23. The molecular weight excluding hydrogens is 258 g/mol. The second kappa shape index (κ2) is 3.55. The number of amides is 1. The molecule has 0 saturated heterocycles. The lowest BCUT2D eigenvalue weighted by Gasteiger charge is -2.05. The van der Waals surface area contributed by atoms with Gasteiger partial charge in [-0.05, 0) is 39.5 Å². The average Bonchev–Trinajstić information content (AvgIpc) is 2.23. The summed E-state index contributed by atoms with van der Waals surface area (Å²) in [6, 6.07) is 9.29. The van der Waals surface area contributed by atoms with Gasteiger partial charge in [-0.3, -0.25) is 4.79 Å². The fourth-order valence-corrected chi connectivity index (χ4v) is 1.93. The van der Waals surface area contributed by atoms with Crippen LogP contribution in [0.2, 0.25) is 0 Å². The summed E-state index contributed by atoms with van der Waals surface area (Å²) >= 11 is 3.25. The van der Waals surface area contributed by atoms with Crippen molar-refractivity contribution in [3.63, 3.8) is 0 Å². The van der Waals surface area contributed by atoms with Crippen molar-refractivity contribution >= 4 is 32.6 Å². The van der Waals surface area contributed by atoms with E-state index in [4.69, 9.17) is 5.73 Å². The van der Waals surface area contributed by atoms with Crippen molar-refractivity contribution in [1.29, 1.82) is 0 Å². The summed E-state index contributed by atoms with van der Waals surface area (Å²) < 4.78 is 0.552. The van der Waals surface area contributed by atoms with Gasteiger partial charge in [-0.1, -0.05) is 12.1 Å². The van der Waals surface area contributed by atoms with E-state index in [1.807, 2.05) is 0 Å². The average molecular weight is 265 g/mol. The van der Waals surface area contributed by atoms with Gasteiger partial charge in [0.05, 0.1) is 10.0 Å². The third-order valence-electron chi connectivity index (χ3n) is 2.15. The van der Waals surface area contributed by atoms with Crippen LogP contribution in [0.25, 0.3) is 10.8 Å². The van der Waals surface area contributed by atoms with Crippen LogP contribution in [-0.4, -0.2) is 11.0 Å². The highest BCUT2D eigenvalue weighted by Gasteiger charge is 2.10. The van der Waals surface area contributed by atoms with Crippen LogP contribution in [-0.2, 0) is 0 Å². The van der Waals surface area contributed by atoms with Crippen LogP contribution < -0.4 is 5.73 Å². The van der Waals surface area contributed by atoms with Crippen LogP contribution in [0.15, 0.2) is 28.7 Å². The molecule has 0 atom stereocenters. The lowest BCUT2D eigenvalue weighted by molar-refractivity contribution is 0.100.